The van der Waals surface area contributed by atoms with Crippen LogP contribution in [0.2, 0.25) is 0 Å². The van der Waals surface area contributed by atoms with Gasteiger partial charge in [0.1, 0.15) is 13.2 Å². The lowest BCUT2D eigenvalue weighted by Gasteiger charge is -2.13. The molecular weight excluding hydrogens is 456 g/mol. The number of ether oxygens (including phenoxy) is 6. The molecule has 1 aliphatic heterocycles. The molecule has 0 bridgehead atoms. The molecule has 4 heterocycles. The molecule has 0 aliphatic carbocycles. The Morgan fingerprint density at radius 1 is 0.516 bits per heavy atom. The van der Waals surface area contributed by atoms with Crippen LogP contribution in [0.5, 0.6) is 11.5 Å². The van der Waals surface area contributed by atoms with Crippen LogP contribution in [0.1, 0.15) is 0 Å². The van der Waals surface area contributed by atoms with Gasteiger partial charge < -0.3 is 28.4 Å². The maximum Gasteiger partial charge on any atom is 0.181 e. The standard InChI is InChI=1S/C22H26O6S3/c1-3-17(29-15-1)21-19-20(22(31-21)18-4-2-16-30-18)28-14-12-26-10-8-24-6-5-23-7-9-25-11-13-27-19/h1-4,15-16H,5-14H2. The Morgan fingerprint density at radius 3 is 1.26 bits per heavy atom. The molecule has 0 saturated carbocycles. The van der Waals surface area contributed by atoms with Gasteiger partial charge in [0.15, 0.2) is 11.5 Å². The Labute approximate surface area is 194 Å². The average molecular weight is 483 g/mol. The van der Waals surface area contributed by atoms with Crippen LogP contribution in [0.3, 0.4) is 0 Å². The monoisotopic (exact) mass is 482 g/mol. The highest BCUT2D eigenvalue weighted by molar-refractivity contribution is 7.26. The van der Waals surface area contributed by atoms with Gasteiger partial charge in [-0.05, 0) is 22.9 Å². The predicted octanol–water partition coefficient (Wildman–Crippen LogP) is 5.04. The highest BCUT2D eigenvalue weighted by atomic mass is 32.1. The number of rotatable bonds is 2. The third-order valence-electron chi connectivity index (χ3n) is 4.38. The first-order chi connectivity index (χ1) is 15.4. The van der Waals surface area contributed by atoms with E-state index in [0.29, 0.717) is 66.1 Å². The smallest absolute Gasteiger partial charge is 0.181 e. The molecule has 0 spiro atoms. The van der Waals surface area contributed by atoms with E-state index in [1.54, 1.807) is 34.0 Å². The van der Waals surface area contributed by atoms with Gasteiger partial charge in [0.2, 0.25) is 0 Å². The summed E-state index contributed by atoms with van der Waals surface area (Å²) in [4.78, 5) is 4.50. The molecule has 6 nitrogen and oxygen atoms in total. The lowest BCUT2D eigenvalue weighted by molar-refractivity contribution is -0.00831. The fourth-order valence-electron chi connectivity index (χ4n) is 2.97. The van der Waals surface area contributed by atoms with Gasteiger partial charge in [0.25, 0.3) is 0 Å². The Bertz CT molecular complexity index is 805. The van der Waals surface area contributed by atoms with Crippen molar-refractivity contribution in [1.82, 2.24) is 0 Å². The third kappa shape index (κ3) is 6.52. The molecule has 168 valence electrons. The molecule has 31 heavy (non-hydrogen) atoms. The minimum atomic E-state index is 0.439. The lowest BCUT2D eigenvalue weighted by Crippen LogP contribution is -2.15. The second kappa shape index (κ2) is 12.5. The quantitative estimate of drug-likeness (QED) is 0.510. The van der Waals surface area contributed by atoms with Crippen molar-refractivity contribution in [2.24, 2.45) is 0 Å². The van der Waals surface area contributed by atoms with Crippen molar-refractivity contribution in [3.05, 3.63) is 35.0 Å². The molecular formula is C22H26O6S3. The number of fused-ring (bicyclic) bond motifs is 1. The van der Waals surface area contributed by atoms with E-state index in [-0.39, 0.29) is 0 Å². The summed E-state index contributed by atoms with van der Waals surface area (Å²) >= 11 is 5.09. The predicted molar refractivity (Wildman–Crippen MR) is 125 cm³/mol. The average Bonchev–Trinajstić information content (AvgIpc) is 3.54. The van der Waals surface area contributed by atoms with Gasteiger partial charge in [-0.15, -0.1) is 34.0 Å². The zero-order valence-corrected chi connectivity index (χ0v) is 19.7. The second-order valence-electron chi connectivity index (χ2n) is 6.52. The first-order valence-corrected chi connectivity index (χ1v) is 12.8. The van der Waals surface area contributed by atoms with E-state index in [1.807, 2.05) is 0 Å². The minimum absolute atomic E-state index is 0.439. The van der Waals surface area contributed by atoms with Crippen molar-refractivity contribution in [1.29, 1.82) is 0 Å². The highest BCUT2D eigenvalue weighted by Gasteiger charge is 2.24. The Balaban J connectivity index is 1.56. The van der Waals surface area contributed by atoms with Gasteiger partial charge in [0, 0.05) is 9.75 Å². The third-order valence-corrected chi connectivity index (χ3v) is 7.63. The summed E-state index contributed by atoms with van der Waals surface area (Å²) < 4.78 is 34.8. The summed E-state index contributed by atoms with van der Waals surface area (Å²) in [6.07, 6.45) is 0. The lowest BCUT2D eigenvalue weighted by atomic mass is 10.3. The van der Waals surface area contributed by atoms with Gasteiger partial charge in [0.05, 0.1) is 62.6 Å². The Hall–Kier alpha value is -1.46. The van der Waals surface area contributed by atoms with Crippen LogP contribution in [-0.2, 0) is 18.9 Å². The van der Waals surface area contributed by atoms with Crippen molar-refractivity contribution in [2.75, 3.05) is 66.1 Å². The molecule has 0 fully saturated rings. The van der Waals surface area contributed by atoms with Gasteiger partial charge in [-0.2, -0.15) is 0 Å². The van der Waals surface area contributed by atoms with Crippen LogP contribution >= 0.6 is 34.0 Å². The largest absolute Gasteiger partial charge is 0.486 e. The number of hydrogen-bond donors (Lipinski definition) is 0. The van der Waals surface area contributed by atoms with Crippen molar-refractivity contribution in [3.63, 3.8) is 0 Å². The van der Waals surface area contributed by atoms with Crippen LogP contribution in [0, 0.1) is 0 Å². The maximum atomic E-state index is 6.24. The summed E-state index contributed by atoms with van der Waals surface area (Å²) in [5.74, 6) is 1.56. The van der Waals surface area contributed by atoms with Crippen molar-refractivity contribution >= 4 is 34.0 Å². The molecule has 0 N–H and O–H groups in total. The van der Waals surface area contributed by atoms with E-state index in [4.69, 9.17) is 28.4 Å². The molecule has 3 aromatic rings. The second-order valence-corrected chi connectivity index (χ2v) is 9.44. The van der Waals surface area contributed by atoms with Gasteiger partial charge in [-0.1, -0.05) is 12.1 Å². The molecule has 4 rings (SSSR count). The molecule has 0 amide bonds. The SMILES string of the molecule is c1csc(-c2sc(-c3cccs3)c3c2OCCOCCOCCOCCOCCO3)c1. The normalized spacial score (nSPS) is 17.7. The molecule has 0 saturated heterocycles. The van der Waals surface area contributed by atoms with Gasteiger partial charge in [-0.25, -0.2) is 0 Å². The number of hydrogen-bond acceptors (Lipinski definition) is 9. The molecule has 0 atom stereocenters. The summed E-state index contributed by atoms with van der Waals surface area (Å²) in [6.45, 7) is 5.07. The molecule has 0 unspecified atom stereocenters. The Kier molecular flexibility index (Phi) is 9.20. The zero-order chi connectivity index (χ0) is 21.1. The van der Waals surface area contributed by atoms with Gasteiger partial charge in [-0.3, -0.25) is 0 Å². The Morgan fingerprint density at radius 2 is 0.903 bits per heavy atom. The van der Waals surface area contributed by atoms with E-state index in [9.17, 15) is 0 Å². The van der Waals surface area contributed by atoms with Crippen molar-refractivity contribution in [3.8, 4) is 31.0 Å². The van der Waals surface area contributed by atoms with E-state index < -0.39 is 0 Å². The van der Waals surface area contributed by atoms with Crippen LogP contribution in [-0.4, -0.2) is 66.1 Å². The minimum Gasteiger partial charge on any atom is -0.486 e. The molecule has 0 radical (unpaired) electrons. The van der Waals surface area contributed by atoms with Crippen molar-refractivity contribution < 1.29 is 28.4 Å². The molecule has 1 aliphatic rings. The fourth-order valence-corrected chi connectivity index (χ4v) is 5.86. The first kappa shape index (κ1) is 22.7. The van der Waals surface area contributed by atoms with Crippen LogP contribution in [0.15, 0.2) is 35.0 Å². The van der Waals surface area contributed by atoms with Crippen LogP contribution in [0.25, 0.3) is 19.5 Å². The molecule has 3 aromatic heterocycles. The van der Waals surface area contributed by atoms with E-state index in [2.05, 4.69) is 35.0 Å². The fraction of sp³-hybridized carbons (Fsp3) is 0.455. The summed E-state index contributed by atoms with van der Waals surface area (Å²) in [7, 11) is 0. The molecule has 9 heteroatoms. The summed E-state index contributed by atoms with van der Waals surface area (Å²) in [5.41, 5.74) is 0. The maximum absolute atomic E-state index is 6.24. The summed E-state index contributed by atoms with van der Waals surface area (Å²) in [5, 5.41) is 4.15. The van der Waals surface area contributed by atoms with Crippen LogP contribution in [0.4, 0.5) is 0 Å². The van der Waals surface area contributed by atoms with E-state index in [0.717, 1.165) is 31.0 Å². The van der Waals surface area contributed by atoms with E-state index >= 15 is 0 Å². The van der Waals surface area contributed by atoms with Gasteiger partial charge >= 0.3 is 0 Å². The zero-order valence-electron chi connectivity index (χ0n) is 17.2. The number of thiophene rings is 3. The van der Waals surface area contributed by atoms with Crippen molar-refractivity contribution in [2.45, 2.75) is 0 Å². The topological polar surface area (TPSA) is 55.4 Å². The van der Waals surface area contributed by atoms with Crippen LogP contribution < -0.4 is 9.47 Å². The highest BCUT2D eigenvalue weighted by Crippen LogP contribution is 2.54. The van der Waals surface area contributed by atoms with E-state index in [1.165, 1.54) is 0 Å². The summed E-state index contributed by atoms with van der Waals surface area (Å²) in [6, 6.07) is 8.33. The molecule has 0 aromatic carbocycles. The first-order valence-electron chi connectivity index (χ1n) is 10.2.